The summed E-state index contributed by atoms with van der Waals surface area (Å²) in [5, 5.41) is 3.63. The molecule has 0 spiro atoms. The second-order valence-corrected chi connectivity index (χ2v) is 8.76. The fourth-order valence-corrected chi connectivity index (χ4v) is 4.07. The number of aromatic nitrogens is 2. The summed E-state index contributed by atoms with van der Waals surface area (Å²) in [5.74, 6) is 1.41. The third kappa shape index (κ3) is 4.37. The number of carbonyl (C=O) groups is 1. The van der Waals surface area contributed by atoms with Gasteiger partial charge in [-0.3, -0.25) is 9.59 Å². The molecule has 2 rings (SSSR count). The molecule has 1 aliphatic rings. The number of hydrogen-bond donors (Lipinski definition) is 2. The molecule has 0 aliphatic heterocycles. The van der Waals surface area contributed by atoms with Gasteiger partial charge in [0.05, 0.1) is 5.69 Å². The van der Waals surface area contributed by atoms with E-state index in [-0.39, 0.29) is 28.5 Å². The van der Waals surface area contributed by atoms with Crippen molar-refractivity contribution in [2.24, 2.45) is 0 Å². The van der Waals surface area contributed by atoms with E-state index in [1.165, 1.54) is 0 Å². The second kappa shape index (κ2) is 7.07. The van der Waals surface area contributed by atoms with Gasteiger partial charge in [0.25, 0.3) is 11.5 Å². The first-order valence-electron chi connectivity index (χ1n) is 8.26. The molecule has 0 unspecified atom stereocenters. The summed E-state index contributed by atoms with van der Waals surface area (Å²) < 4.78 is 0. The highest BCUT2D eigenvalue weighted by Crippen LogP contribution is 2.29. The average Bonchev–Trinajstić information content (AvgIpc) is 2.84. The van der Waals surface area contributed by atoms with Gasteiger partial charge >= 0.3 is 0 Å². The third-order valence-corrected chi connectivity index (χ3v) is 5.39. The fourth-order valence-electron chi connectivity index (χ4n) is 2.92. The van der Waals surface area contributed by atoms with E-state index in [0.29, 0.717) is 16.8 Å². The number of hydrogen-bond acceptors (Lipinski definition) is 4. The van der Waals surface area contributed by atoms with Gasteiger partial charge in [-0.15, -0.1) is 0 Å². The van der Waals surface area contributed by atoms with Crippen molar-refractivity contribution in [1.29, 1.82) is 0 Å². The minimum Gasteiger partial charge on any atom is -0.349 e. The summed E-state index contributed by atoms with van der Waals surface area (Å²) in [6.45, 7) is 9.82. The maximum Gasteiger partial charge on any atom is 0.264 e. The van der Waals surface area contributed by atoms with Crippen molar-refractivity contribution in [2.75, 3.05) is 5.75 Å². The summed E-state index contributed by atoms with van der Waals surface area (Å²) in [5.41, 5.74) is 0.0327. The number of rotatable bonds is 4. The van der Waals surface area contributed by atoms with Gasteiger partial charge in [-0.2, -0.15) is 11.8 Å². The van der Waals surface area contributed by atoms with Crippen LogP contribution in [0.3, 0.4) is 0 Å². The van der Waals surface area contributed by atoms with E-state index in [1.807, 2.05) is 32.5 Å². The molecule has 1 aromatic heterocycles. The summed E-state index contributed by atoms with van der Waals surface area (Å²) in [7, 11) is 0. The van der Waals surface area contributed by atoms with E-state index < -0.39 is 0 Å². The maximum absolute atomic E-state index is 12.5. The van der Waals surface area contributed by atoms with E-state index in [9.17, 15) is 9.59 Å². The number of aryl methyl sites for hydroxylation is 1. The zero-order valence-electron chi connectivity index (χ0n) is 14.7. The predicted octanol–water partition coefficient (Wildman–Crippen LogP) is 2.78. The number of thioether (sulfide) groups is 1. The first-order chi connectivity index (χ1) is 10.7. The number of H-pyrrole nitrogens is 1. The van der Waals surface area contributed by atoms with Gasteiger partial charge in [-0.1, -0.05) is 27.7 Å². The highest BCUT2D eigenvalue weighted by Gasteiger charge is 2.28. The van der Waals surface area contributed by atoms with Gasteiger partial charge in [0.2, 0.25) is 0 Å². The Kier molecular flexibility index (Phi) is 5.55. The van der Waals surface area contributed by atoms with Crippen molar-refractivity contribution in [2.45, 2.75) is 70.6 Å². The molecule has 23 heavy (non-hydrogen) atoms. The molecular formula is C17H27N3O2S. The largest absolute Gasteiger partial charge is 0.349 e. The molecule has 1 heterocycles. The highest BCUT2D eigenvalue weighted by molar-refractivity contribution is 7.99. The Morgan fingerprint density at radius 3 is 2.65 bits per heavy atom. The molecule has 2 N–H and O–H groups in total. The van der Waals surface area contributed by atoms with Crippen LogP contribution in [0, 0.1) is 6.92 Å². The van der Waals surface area contributed by atoms with Crippen LogP contribution in [-0.4, -0.2) is 32.9 Å². The minimum atomic E-state index is -0.350. The second-order valence-electron chi connectivity index (χ2n) is 7.19. The number of aromatic amines is 1. The van der Waals surface area contributed by atoms with Crippen LogP contribution in [0.1, 0.15) is 68.8 Å². The molecule has 6 heteroatoms. The number of carbonyl (C=O) groups excluding carboxylic acids is 1. The Hall–Kier alpha value is -1.30. The Morgan fingerprint density at radius 1 is 1.39 bits per heavy atom. The van der Waals surface area contributed by atoms with Gasteiger partial charge in [0.15, 0.2) is 0 Å². The summed E-state index contributed by atoms with van der Waals surface area (Å²) in [6.07, 6.45) is 3.09. The maximum atomic E-state index is 12.5. The van der Waals surface area contributed by atoms with Crippen LogP contribution >= 0.6 is 11.8 Å². The van der Waals surface area contributed by atoms with Gasteiger partial charge in [-0.05, 0) is 31.9 Å². The van der Waals surface area contributed by atoms with Crippen molar-refractivity contribution in [3.05, 3.63) is 27.4 Å². The van der Waals surface area contributed by atoms with Gasteiger partial charge < -0.3 is 10.3 Å². The van der Waals surface area contributed by atoms with Crippen molar-refractivity contribution < 1.29 is 4.79 Å². The first-order valence-corrected chi connectivity index (χ1v) is 9.31. The Balaban J connectivity index is 2.13. The molecule has 1 aliphatic carbocycles. The van der Waals surface area contributed by atoms with Gasteiger partial charge in [-0.25, -0.2) is 4.98 Å². The molecule has 5 nitrogen and oxygen atoms in total. The number of amides is 1. The molecule has 128 valence electrons. The standard InChI is InChI=1S/C17H27N3O2S/c1-6-23-12-8-7-11(9-12)19-14(21)13-10(2)18-16(17(3,4)5)20-15(13)22/h11-12H,6-9H2,1-5H3,(H,19,21)(H,18,20,22)/t11-,12-/m1/s1. The lowest BCUT2D eigenvalue weighted by molar-refractivity contribution is 0.0935. The Labute approximate surface area is 142 Å². The van der Waals surface area contributed by atoms with Crippen molar-refractivity contribution in [1.82, 2.24) is 15.3 Å². The van der Waals surface area contributed by atoms with Crippen LogP contribution < -0.4 is 10.9 Å². The van der Waals surface area contributed by atoms with Crippen LogP contribution in [0.15, 0.2) is 4.79 Å². The topological polar surface area (TPSA) is 74.8 Å². The molecule has 1 saturated carbocycles. The van der Waals surface area contributed by atoms with Crippen LogP contribution in [0.25, 0.3) is 0 Å². The fraction of sp³-hybridized carbons (Fsp3) is 0.706. The van der Waals surface area contributed by atoms with Crippen molar-refractivity contribution in [3.63, 3.8) is 0 Å². The molecule has 0 radical (unpaired) electrons. The van der Waals surface area contributed by atoms with E-state index >= 15 is 0 Å². The van der Waals surface area contributed by atoms with Crippen LogP contribution in [-0.2, 0) is 5.41 Å². The Bertz CT molecular complexity index is 634. The van der Waals surface area contributed by atoms with E-state index in [4.69, 9.17) is 0 Å². The molecule has 1 aromatic rings. The molecule has 0 saturated heterocycles. The zero-order valence-corrected chi connectivity index (χ0v) is 15.5. The lowest BCUT2D eigenvalue weighted by Gasteiger charge is -2.19. The van der Waals surface area contributed by atoms with E-state index in [0.717, 1.165) is 25.0 Å². The SMILES string of the molecule is CCS[C@@H]1CC[C@@H](NC(=O)c2c(C)nc(C(C)(C)C)[nH]c2=O)C1. The molecule has 0 bridgehead atoms. The third-order valence-electron chi connectivity index (χ3n) is 4.16. The number of nitrogens with zero attached hydrogens (tertiary/aromatic N) is 1. The lowest BCUT2D eigenvalue weighted by atomic mass is 9.95. The zero-order chi connectivity index (χ0) is 17.2. The van der Waals surface area contributed by atoms with Crippen LogP contribution in [0.5, 0.6) is 0 Å². The van der Waals surface area contributed by atoms with Crippen molar-refractivity contribution in [3.8, 4) is 0 Å². The van der Waals surface area contributed by atoms with E-state index in [2.05, 4.69) is 22.2 Å². The Morgan fingerprint density at radius 2 is 2.09 bits per heavy atom. The first kappa shape index (κ1) is 18.0. The van der Waals surface area contributed by atoms with Crippen molar-refractivity contribution >= 4 is 17.7 Å². The van der Waals surface area contributed by atoms with Crippen LogP contribution in [0.2, 0.25) is 0 Å². The van der Waals surface area contributed by atoms with E-state index in [1.54, 1.807) is 6.92 Å². The van der Waals surface area contributed by atoms with Gasteiger partial charge in [0, 0.05) is 16.7 Å². The smallest absolute Gasteiger partial charge is 0.264 e. The minimum absolute atomic E-state index is 0.143. The normalized spacial score (nSPS) is 21.4. The average molecular weight is 337 g/mol. The monoisotopic (exact) mass is 337 g/mol. The summed E-state index contributed by atoms with van der Waals surface area (Å²) in [4.78, 5) is 32.0. The quantitative estimate of drug-likeness (QED) is 0.886. The lowest BCUT2D eigenvalue weighted by Crippen LogP contribution is -2.38. The molecule has 1 fully saturated rings. The predicted molar refractivity (Wildman–Crippen MR) is 95.3 cm³/mol. The summed E-state index contributed by atoms with van der Waals surface area (Å²) in [6, 6.07) is 0.160. The summed E-state index contributed by atoms with van der Waals surface area (Å²) >= 11 is 1.94. The van der Waals surface area contributed by atoms with Gasteiger partial charge in [0.1, 0.15) is 11.4 Å². The molecule has 2 atom stereocenters. The van der Waals surface area contributed by atoms with Crippen LogP contribution in [0.4, 0.5) is 0 Å². The highest BCUT2D eigenvalue weighted by atomic mass is 32.2. The molecule has 0 aromatic carbocycles. The molecule has 1 amide bonds. The number of nitrogens with one attached hydrogen (secondary N) is 2. The molecular weight excluding hydrogens is 310 g/mol.